The molecule has 1 unspecified atom stereocenters. The molecule has 148 valence electrons. The van der Waals surface area contributed by atoms with Gasteiger partial charge < -0.3 is 14.6 Å². The van der Waals surface area contributed by atoms with Crippen molar-refractivity contribution in [2.75, 3.05) is 33.7 Å². The summed E-state index contributed by atoms with van der Waals surface area (Å²) in [6.45, 7) is 3.29. The molecule has 0 spiro atoms. The first-order valence-corrected chi connectivity index (χ1v) is 9.71. The fourth-order valence-corrected chi connectivity index (χ4v) is 4.04. The predicted octanol–water partition coefficient (Wildman–Crippen LogP) is 1.44. The highest BCUT2D eigenvalue weighted by molar-refractivity contribution is 7.89. The van der Waals surface area contributed by atoms with Gasteiger partial charge in [0.25, 0.3) is 5.91 Å². The fourth-order valence-electron chi connectivity index (χ4n) is 2.98. The van der Waals surface area contributed by atoms with Gasteiger partial charge in [-0.05, 0) is 18.6 Å². The second-order valence-electron chi connectivity index (χ2n) is 6.32. The summed E-state index contributed by atoms with van der Waals surface area (Å²) in [5, 5.41) is 3.27. The predicted molar refractivity (Wildman–Crippen MR) is 102 cm³/mol. The summed E-state index contributed by atoms with van der Waals surface area (Å²) in [6.07, 6.45) is 3.41. The first-order valence-electron chi connectivity index (χ1n) is 8.27. The molecule has 0 saturated carbocycles. The van der Waals surface area contributed by atoms with Crippen LogP contribution < -0.4 is 5.32 Å². The Kier molecular flexibility index (Phi) is 6.63. The molecule has 0 aromatic carbocycles. The lowest BCUT2D eigenvalue weighted by Crippen LogP contribution is -2.48. The number of amides is 1. The molecule has 1 atom stereocenters. The number of aryl methyl sites for hydroxylation is 1. The number of hydrogen-bond donors (Lipinski definition) is 1. The normalized spacial score (nSPS) is 17.6. The molecule has 1 aliphatic rings. The molecule has 2 aromatic rings. The van der Waals surface area contributed by atoms with Crippen LogP contribution in [-0.4, -0.2) is 62.2 Å². The number of pyridine rings is 1. The fraction of sp³-hybridized carbons (Fsp3) is 0.412. The quantitative estimate of drug-likeness (QED) is 0.813. The number of nitrogens with one attached hydrogen (secondary N) is 1. The van der Waals surface area contributed by atoms with Gasteiger partial charge in [-0.15, -0.1) is 12.4 Å². The van der Waals surface area contributed by atoms with Crippen LogP contribution >= 0.6 is 12.4 Å². The number of hydrogen-bond acceptors (Lipinski definition) is 6. The molecule has 3 rings (SSSR count). The Bertz CT molecular complexity index is 899. The SMILES string of the molecule is Cc1oc(C(=O)N2CCNCC2c2cccnc2)cc1S(=O)(=O)N(C)C.Cl. The maximum absolute atomic E-state index is 13.0. The van der Waals surface area contributed by atoms with Gasteiger partial charge in [-0.1, -0.05) is 6.07 Å². The maximum Gasteiger partial charge on any atom is 0.290 e. The average molecular weight is 415 g/mol. The molecule has 3 heterocycles. The van der Waals surface area contributed by atoms with Crippen molar-refractivity contribution in [1.82, 2.24) is 19.5 Å². The highest BCUT2D eigenvalue weighted by Gasteiger charge is 2.32. The van der Waals surface area contributed by atoms with Gasteiger partial charge in [0, 0.05) is 52.2 Å². The summed E-state index contributed by atoms with van der Waals surface area (Å²) in [4.78, 5) is 18.8. The molecule has 27 heavy (non-hydrogen) atoms. The molecule has 0 aliphatic carbocycles. The topological polar surface area (TPSA) is 95.7 Å². The van der Waals surface area contributed by atoms with E-state index < -0.39 is 10.0 Å². The number of piperazine rings is 1. The Labute approximate surface area is 165 Å². The Hall–Kier alpha value is -1.94. The number of sulfonamides is 1. The number of furan rings is 1. The van der Waals surface area contributed by atoms with E-state index >= 15 is 0 Å². The second-order valence-corrected chi connectivity index (χ2v) is 8.44. The van der Waals surface area contributed by atoms with Gasteiger partial charge >= 0.3 is 0 Å². The molecule has 1 saturated heterocycles. The van der Waals surface area contributed by atoms with Crippen molar-refractivity contribution in [3.8, 4) is 0 Å². The zero-order valence-corrected chi connectivity index (χ0v) is 17.0. The van der Waals surface area contributed by atoms with Crippen molar-refractivity contribution in [3.05, 3.63) is 47.7 Å². The largest absolute Gasteiger partial charge is 0.455 e. The van der Waals surface area contributed by atoms with Crippen molar-refractivity contribution < 1.29 is 17.6 Å². The number of nitrogens with zero attached hydrogens (tertiary/aromatic N) is 3. The number of carbonyl (C=O) groups excluding carboxylic acids is 1. The Balaban J connectivity index is 0.00000261. The molecule has 1 fully saturated rings. The maximum atomic E-state index is 13.0. The highest BCUT2D eigenvalue weighted by Crippen LogP contribution is 2.27. The molecule has 1 N–H and O–H groups in total. The summed E-state index contributed by atoms with van der Waals surface area (Å²) in [7, 11) is -0.785. The first kappa shape index (κ1) is 21.4. The minimum Gasteiger partial charge on any atom is -0.455 e. The van der Waals surface area contributed by atoms with Crippen LogP contribution in [0.5, 0.6) is 0 Å². The molecule has 1 aliphatic heterocycles. The second kappa shape index (κ2) is 8.39. The smallest absolute Gasteiger partial charge is 0.290 e. The Morgan fingerprint density at radius 2 is 2.15 bits per heavy atom. The van der Waals surface area contributed by atoms with E-state index in [9.17, 15) is 13.2 Å². The van der Waals surface area contributed by atoms with E-state index in [2.05, 4.69) is 10.3 Å². The average Bonchev–Trinajstić information content (AvgIpc) is 3.04. The van der Waals surface area contributed by atoms with Gasteiger partial charge in [-0.25, -0.2) is 12.7 Å². The van der Waals surface area contributed by atoms with Crippen LogP contribution in [0.2, 0.25) is 0 Å². The van der Waals surface area contributed by atoms with Gasteiger partial charge in [-0.2, -0.15) is 0 Å². The van der Waals surface area contributed by atoms with Crippen molar-refractivity contribution in [2.45, 2.75) is 17.9 Å². The molecule has 1 amide bonds. The van der Waals surface area contributed by atoms with E-state index in [-0.39, 0.29) is 40.8 Å². The van der Waals surface area contributed by atoms with E-state index in [1.807, 2.05) is 12.1 Å². The van der Waals surface area contributed by atoms with Gasteiger partial charge in [0.2, 0.25) is 10.0 Å². The summed E-state index contributed by atoms with van der Waals surface area (Å²) >= 11 is 0. The van der Waals surface area contributed by atoms with Crippen LogP contribution in [0, 0.1) is 6.92 Å². The third kappa shape index (κ3) is 4.16. The van der Waals surface area contributed by atoms with Crippen LogP contribution in [0.15, 0.2) is 39.9 Å². The van der Waals surface area contributed by atoms with Crippen molar-refractivity contribution in [3.63, 3.8) is 0 Å². The minimum absolute atomic E-state index is 0. The number of halogens is 1. The number of aromatic nitrogens is 1. The van der Waals surface area contributed by atoms with E-state index in [0.29, 0.717) is 19.6 Å². The lowest BCUT2D eigenvalue weighted by molar-refractivity contribution is 0.0600. The molecule has 0 radical (unpaired) electrons. The molecule has 0 bridgehead atoms. The van der Waals surface area contributed by atoms with Gasteiger partial charge in [0.15, 0.2) is 5.76 Å². The Morgan fingerprint density at radius 1 is 1.41 bits per heavy atom. The molecular weight excluding hydrogens is 392 g/mol. The monoisotopic (exact) mass is 414 g/mol. The summed E-state index contributed by atoms with van der Waals surface area (Å²) < 4.78 is 31.4. The summed E-state index contributed by atoms with van der Waals surface area (Å²) in [5.74, 6) is -0.0995. The van der Waals surface area contributed by atoms with Crippen LogP contribution in [0.4, 0.5) is 0 Å². The Morgan fingerprint density at radius 3 is 2.78 bits per heavy atom. The third-order valence-corrected chi connectivity index (χ3v) is 6.34. The van der Waals surface area contributed by atoms with Gasteiger partial charge in [0.1, 0.15) is 10.7 Å². The highest BCUT2D eigenvalue weighted by atomic mass is 35.5. The number of rotatable bonds is 4. The van der Waals surface area contributed by atoms with Crippen LogP contribution in [0.1, 0.15) is 27.9 Å². The lowest BCUT2D eigenvalue weighted by atomic mass is 10.1. The van der Waals surface area contributed by atoms with E-state index in [1.165, 1.54) is 20.2 Å². The molecule has 10 heteroatoms. The molecule has 8 nitrogen and oxygen atoms in total. The van der Waals surface area contributed by atoms with E-state index in [1.54, 1.807) is 24.2 Å². The van der Waals surface area contributed by atoms with Gasteiger partial charge in [-0.3, -0.25) is 9.78 Å². The van der Waals surface area contributed by atoms with Crippen LogP contribution in [0.25, 0.3) is 0 Å². The molecule has 2 aromatic heterocycles. The first-order chi connectivity index (χ1) is 12.3. The van der Waals surface area contributed by atoms with E-state index in [4.69, 9.17) is 4.42 Å². The van der Waals surface area contributed by atoms with Crippen molar-refractivity contribution >= 4 is 28.3 Å². The standard InChI is InChI=1S/C17H22N4O4S.ClH/c1-12-16(26(23,24)20(2)3)9-15(25-12)17(22)21-8-7-19-11-14(21)13-5-4-6-18-10-13;/h4-6,9-10,14,19H,7-8,11H2,1-3H3;1H. The summed E-state index contributed by atoms with van der Waals surface area (Å²) in [5.41, 5.74) is 0.914. The van der Waals surface area contributed by atoms with Crippen LogP contribution in [0.3, 0.4) is 0 Å². The van der Waals surface area contributed by atoms with Crippen molar-refractivity contribution in [1.29, 1.82) is 0 Å². The zero-order valence-electron chi connectivity index (χ0n) is 15.4. The summed E-state index contributed by atoms with van der Waals surface area (Å²) in [6, 6.07) is 4.87. The number of carbonyl (C=O) groups is 1. The van der Waals surface area contributed by atoms with Crippen molar-refractivity contribution in [2.24, 2.45) is 0 Å². The zero-order chi connectivity index (χ0) is 18.9. The minimum atomic E-state index is -3.67. The third-order valence-electron chi connectivity index (χ3n) is 4.42. The van der Waals surface area contributed by atoms with Gasteiger partial charge in [0.05, 0.1) is 6.04 Å². The van der Waals surface area contributed by atoms with E-state index in [0.717, 1.165) is 9.87 Å². The van der Waals surface area contributed by atoms with Crippen LogP contribution in [-0.2, 0) is 10.0 Å². The molecular formula is C17H23ClN4O4S. The lowest BCUT2D eigenvalue weighted by Gasteiger charge is -2.35.